The van der Waals surface area contributed by atoms with Crippen LogP contribution in [0, 0.1) is 18.6 Å². The molecule has 0 aliphatic carbocycles. The van der Waals surface area contributed by atoms with E-state index in [1.165, 1.54) is 0 Å². The van der Waals surface area contributed by atoms with Crippen LogP contribution in [0.25, 0.3) is 0 Å². The predicted octanol–water partition coefficient (Wildman–Crippen LogP) is 6.41. The molecule has 0 spiro atoms. The van der Waals surface area contributed by atoms with E-state index in [-0.39, 0.29) is 23.9 Å². The molecule has 0 aliphatic rings. The number of ether oxygens (including phenoxy) is 1. The van der Waals surface area contributed by atoms with Crippen molar-refractivity contribution in [2.24, 2.45) is 0 Å². The molecule has 12 heteroatoms. The molecule has 4 aromatic rings. The lowest BCUT2D eigenvalue weighted by molar-refractivity contribution is 0.101. The molecule has 0 saturated heterocycles. The second-order valence-electron chi connectivity index (χ2n) is 7.14. The van der Waals surface area contributed by atoms with Crippen molar-refractivity contribution in [1.29, 1.82) is 0 Å². The van der Waals surface area contributed by atoms with Crippen LogP contribution >= 0.6 is 39.1 Å². The molecule has 0 radical (unpaired) electrons. The minimum atomic E-state index is -0.865. The Bertz CT molecular complexity index is 1380. The van der Waals surface area contributed by atoms with Crippen molar-refractivity contribution >= 4 is 50.9 Å². The topological polar surface area (TPSA) is 82.2 Å². The van der Waals surface area contributed by atoms with Crippen LogP contribution in [0.1, 0.15) is 27.4 Å². The molecule has 0 bridgehead atoms. The monoisotopic (exact) mass is 570 g/mol. The molecule has 0 aliphatic heterocycles. The number of amides is 1. The lowest BCUT2D eigenvalue weighted by Gasteiger charge is -2.08. The number of hydrogen-bond acceptors (Lipinski definition) is 5. The van der Waals surface area contributed by atoms with E-state index in [1.54, 1.807) is 36.0 Å². The zero-order valence-corrected chi connectivity index (χ0v) is 20.5. The third kappa shape index (κ3) is 5.40. The molecule has 0 fully saturated rings. The number of aromatic nitrogens is 3. The van der Waals surface area contributed by atoms with E-state index in [9.17, 15) is 13.6 Å². The fourth-order valence-corrected chi connectivity index (χ4v) is 3.92. The van der Waals surface area contributed by atoms with Crippen LogP contribution in [0.5, 0.6) is 5.75 Å². The number of carbonyl (C=O) groups excluding carboxylic acids is 1. The summed E-state index contributed by atoms with van der Waals surface area (Å²) < 4.78 is 39.6. The van der Waals surface area contributed by atoms with E-state index in [4.69, 9.17) is 32.5 Å². The zero-order chi connectivity index (χ0) is 24.4. The quantitative estimate of drug-likeness (QED) is 0.277. The predicted molar refractivity (Wildman–Crippen MR) is 125 cm³/mol. The number of benzene rings is 2. The second-order valence-corrected chi connectivity index (χ2v) is 8.84. The van der Waals surface area contributed by atoms with Gasteiger partial charge in [-0.25, -0.2) is 8.78 Å². The molecule has 2 heterocycles. The van der Waals surface area contributed by atoms with Gasteiger partial charge in [-0.15, -0.1) is 0 Å². The number of halogens is 5. The smallest absolute Gasteiger partial charge is 0.279 e. The number of carbonyl (C=O) groups is 1. The molecule has 0 saturated carbocycles. The summed E-state index contributed by atoms with van der Waals surface area (Å²) in [5.74, 6) is -1.81. The van der Waals surface area contributed by atoms with E-state index < -0.39 is 17.5 Å². The van der Waals surface area contributed by atoms with Crippen LogP contribution in [-0.4, -0.2) is 20.8 Å². The van der Waals surface area contributed by atoms with Crippen molar-refractivity contribution in [2.45, 2.75) is 20.1 Å². The number of hydrogen-bond donors (Lipinski definition) is 1. The minimum absolute atomic E-state index is 0.0535. The summed E-state index contributed by atoms with van der Waals surface area (Å²) in [5.41, 5.74) is 1.05. The van der Waals surface area contributed by atoms with Crippen LogP contribution in [0.4, 0.5) is 14.6 Å². The molecule has 7 nitrogen and oxygen atoms in total. The van der Waals surface area contributed by atoms with Crippen molar-refractivity contribution < 1.29 is 22.8 Å². The molecule has 2 aromatic heterocycles. The van der Waals surface area contributed by atoms with Gasteiger partial charge in [0.15, 0.2) is 23.1 Å². The van der Waals surface area contributed by atoms with E-state index in [1.807, 2.05) is 0 Å². The van der Waals surface area contributed by atoms with Crippen molar-refractivity contribution in [3.63, 3.8) is 0 Å². The summed E-state index contributed by atoms with van der Waals surface area (Å²) in [6.45, 7) is 1.71. The van der Waals surface area contributed by atoms with Crippen molar-refractivity contribution in [1.82, 2.24) is 14.9 Å². The molecule has 1 amide bonds. The Morgan fingerprint density at radius 2 is 2.03 bits per heavy atom. The molecular weight excluding hydrogens is 557 g/mol. The Morgan fingerprint density at radius 1 is 1.24 bits per heavy atom. The summed E-state index contributed by atoms with van der Waals surface area (Å²) >= 11 is 15.5. The van der Waals surface area contributed by atoms with Gasteiger partial charge < -0.3 is 14.6 Å². The molecule has 176 valence electrons. The molecular formula is C22H15BrCl2F2N4O3. The Hall–Kier alpha value is -2.95. The summed E-state index contributed by atoms with van der Waals surface area (Å²) in [5, 5.41) is 11.8. The average molecular weight is 572 g/mol. The van der Waals surface area contributed by atoms with E-state index >= 15 is 0 Å². The highest BCUT2D eigenvalue weighted by Gasteiger charge is 2.23. The Morgan fingerprint density at radius 3 is 2.76 bits per heavy atom. The fraction of sp³-hybridized carbons (Fsp3) is 0.136. The molecule has 0 unspecified atom stereocenters. The van der Waals surface area contributed by atoms with Crippen LogP contribution in [-0.2, 0) is 13.2 Å². The fourth-order valence-electron chi connectivity index (χ4n) is 3.04. The van der Waals surface area contributed by atoms with Gasteiger partial charge in [-0.05, 0) is 52.7 Å². The maximum absolute atomic E-state index is 13.9. The number of aryl methyl sites for hydroxylation is 1. The van der Waals surface area contributed by atoms with Gasteiger partial charge >= 0.3 is 0 Å². The Kier molecular flexibility index (Phi) is 7.20. The van der Waals surface area contributed by atoms with Gasteiger partial charge in [0.1, 0.15) is 18.2 Å². The highest BCUT2D eigenvalue weighted by molar-refractivity contribution is 9.10. The standard InChI is InChI=1S/C22H15BrCl2F2N4O3/c1-11-15(10-33-19-5-4-14(26)7-18(19)27)20(30-34-11)22(32)28-21-16(23)9-31(29-21)8-12-2-3-13(24)6-17(12)25/h2-7,9H,8,10H2,1H3,(H,28,29,32). The van der Waals surface area contributed by atoms with Crippen LogP contribution in [0.15, 0.2) is 51.6 Å². The summed E-state index contributed by atoms with van der Waals surface area (Å²) in [6, 6.07) is 8.06. The van der Waals surface area contributed by atoms with E-state index in [0.717, 1.165) is 17.7 Å². The van der Waals surface area contributed by atoms with Gasteiger partial charge in [0.2, 0.25) is 0 Å². The largest absolute Gasteiger partial charge is 0.486 e. The Balaban J connectivity index is 1.48. The van der Waals surface area contributed by atoms with E-state index in [2.05, 4.69) is 31.5 Å². The molecule has 0 atom stereocenters. The zero-order valence-electron chi connectivity index (χ0n) is 17.4. The van der Waals surface area contributed by atoms with Crippen LogP contribution in [0.2, 0.25) is 10.0 Å². The summed E-state index contributed by atoms with van der Waals surface area (Å²) in [6.07, 6.45) is 1.68. The maximum atomic E-state index is 13.9. The Labute approximate surface area is 210 Å². The van der Waals surface area contributed by atoms with Gasteiger partial charge in [-0.2, -0.15) is 5.10 Å². The molecule has 4 rings (SSSR count). The molecule has 34 heavy (non-hydrogen) atoms. The van der Waals surface area contributed by atoms with Crippen molar-refractivity contribution in [3.05, 3.63) is 91.3 Å². The number of anilines is 1. The molecule has 1 N–H and O–H groups in total. The van der Waals surface area contributed by atoms with E-state index in [0.29, 0.717) is 38.5 Å². The van der Waals surface area contributed by atoms with Crippen molar-refractivity contribution in [2.75, 3.05) is 5.32 Å². The van der Waals surface area contributed by atoms with Gasteiger partial charge in [0.05, 0.1) is 16.6 Å². The lowest BCUT2D eigenvalue weighted by Crippen LogP contribution is -2.16. The van der Waals surface area contributed by atoms with Crippen LogP contribution in [0.3, 0.4) is 0 Å². The first-order valence-electron chi connectivity index (χ1n) is 9.72. The van der Waals surface area contributed by atoms with Gasteiger partial charge in [-0.1, -0.05) is 34.4 Å². The highest BCUT2D eigenvalue weighted by atomic mass is 79.9. The lowest BCUT2D eigenvalue weighted by atomic mass is 10.2. The first-order chi connectivity index (χ1) is 16.2. The van der Waals surface area contributed by atoms with Crippen LogP contribution < -0.4 is 10.1 Å². The third-order valence-corrected chi connectivity index (χ3v) is 5.93. The third-order valence-electron chi connectivity index (χ3n) is 4.76. The van der Waals surface area contributed by atoms with Gasteiger partial charge in [0.25, 0.3) is 5.91 Å². The van der Waals surface area contributed by atoms with Gasteiger partial charge in [-0.3, -0.25) is 9.48 Å². The minimum Gasteiger partial charge on any atom is -0.486 e. The van der Waals surface area contributed by atoms with Gasteiger partial charge in [0, 0.05) is 22.3 Å². The first kappa shape index (κ1) is 24.2. The maximum Gasteiger partial charge on any atom is 0.279 e. The highest BCUT2D eigenvalue weighted by Crippen LogP contribution is 2.26. The SMILES string of the molecule is Cc1onc(C(=O)Nc2nn(Cc3ccc(Cl)cc3Cl)cc2Br)c1COc1ccc(F)cc1F. The molecule has 2 aromatic carbocycles. The number of nitrogens with one attached hydrogen (secondary N) is 1. The number of nitrogens with zero attached hydrogens (tertiary/aromatic N) is 3. The summed E-state index contributed by atoms with van der Waals surface area (Å²) in [7, 11) is 0. The van der Waals surface area contributed by atoms with Crippen molar-refractivity contribution in [3.8, 4) is 5.75 Å². The average Bonchev–Trinajstić information content (AvgIpc) is 3.31. The first-order valence-corrected chi connectivity index (χ1v) is 11.3. The normalized spacial score (nSPS) is 11.0. The summed E-state index contributed by atoms with van der Waals surface area (Å²) in [4.78, 5) is 12.9. The second kappa shape index (κ2) is 10.1. The number of rotatable bonds is 7.